The van der Waals surface area contributed by atoms with Gasteiger partial charge in [0.1, 0.15) is 5.82 Å². The zero-order chi connectivity index (χ0) is 15.7. The molecule has 0 fully saturated rings. The third kappa shape index (κ3) is 2.73. The molecule has 110 valence electrons. The fourth-order valence-electron chi connectivity index (χ4n) is 1.96. The summed E-state index contributed by atoms with van der Waals surface area (Å²) in [5.41, 5.74) is 1.11. The van der Waals surface area contributed by atoms with Gasteiger partial charge in [-0.3, -0.25) is 0 Å². The maximum atomic E-state index is 13.3. The fraction of sp³-hybridized carbons (Fsp3) is 0. The summed E-state index contributed by atoms with van der Waals surface area (Å²) in [5.74, 6) is -1.04. The highest BCUT2D eigenvalue weighted by molar-refractivity contribution is 7.27. The third-order valence-electron chi connectivity index (χ3n) is 3.04. The number of halogens is 1. The highest BCUT2D eigenvalue weighted by Gasteiger charge is 2.14. The summed E-state index contributed by atoms with van der Waals surface area (Å²) in [5, 5.41) is 13.5. The van der Waals surface area contributed by atoms with Gasteiger partial charge < -0.3 is 9.63 Å². The molecule has 2 aromatic carbocycles. The van der Waals surface area contributed by atoms with Crippen molar-refractivity contribution in [1.29, 1.82) is 0 Å². The van der Waals surface area contributed by atoms with Gasteiger partial charge in [-0.1, -0.05) is 23.4 Å². The fourth-order valence-corrected chi connectivity index (χ4v) is 2.26. The summed E-state index contributed by atoms with van der Waals surface area (Å²) in [6.07, 6.45) is 0. The molecule has 0 radical (unpaired) electrons. The molecule has 0 saturated heterocycles. The van der Waals surface area contributed by atoms with E-state index in [0.29, 0.717) is 11.1 Å². The number of rotatable bonds is 3. The smallest absolute Gasteiger partial charge is 0.335 e. The van der Waals surface area contributed by atoms with Gasteiger partial charge in [0.05, 0.1) is 5.56 Å². The van der Waals surface area contributed by atoms with Gasteiger partial charge in [0.15, 0.2) is 0 Å². The maximum Gasteiger partial charge on any atom is 0.335 e. The van der Waals surface area contributed by atoms with Crippen LogP contribution in [0, 0.1) is 5.82 Å². The summed E-state index contributed by atoms with van der Waals surface area (Å²) in [6, 6.07) is 10.4. The zero-order valence-corrected chi connectivity index (χ0v) is 12.3. The summed E-state index contributed by atoms with van der Waals surface area (Å²) in [4.78, 5) is 15.2. The number of carbonyl (C=O) groups is 1. The number of aromatic nitrogens is 2. The van der Waals surface area contributed by atoms with Crippen molar-refractivity contribution in [3.63, 3.8) is 0 Å². The SMILES string of the molecule is O=C(O)c1cccc(-c2noc(-c3cc(F)ccc3P)n2)c1. The van der Waals surface area contributed by atoms with Gasteiger partial charge in [0.25, 0.3) is 5.89 Å². The molecule has 0 spiro atoms. The number of nitrogens with zero attached hydrogens (tertiary/aromatic N) is 2. The number of hydrogen-bond donors (Lipinski definition) is 1. The van der Waals surface area contributed by atoms with Crippen molar-refractivity contribution in [2.24, 2.45) is 0 Å². The van der Waals surface area contributed by atoms with Crippen molar-refractivity contribution in [3.05, 3.63) is 53.8 Å². The monoisotopic (exact) mass is 316 g/mol. The van der Waals surface area contributed by atoms with Crippen LogP contribution in [-0.4, -0.2) is 21.2 Å². The highest BCUT2D eigenvalue weighted by atomic mass is 31.0. The second kappa shape index (κ2) is 5.66. The first-order valence-corrected chi connectivity index (χ1v) is 6.85. The van der Waals surface area contributed by atoms with Crippen LogP contribution in [0.15, 0.2) is 47.0 Å². The standard InChI is InChI=1S/C15H10FN2O3P/c16-10-4-5-12(22)11(7-10)14-17-13(18-21-14)8-2-1-3-9(6-8)15(19)20/h1-7H,22H2,(H,19,20). The lowest BCUT2D eigenvalue weighted by molar-refractivity contribution is 0.0697. The lowest BCUT2D eigenvalue weighted by Crippen LogP contribution is -1.98. The molecular weight excluding hydrogens is 306 g/mol. The number of aromatic carboxylic acids is 1. The van der Waals surface area contributed by atoms with E-state index in [9.17, 15) is 9.18 Å². The minimum Gasteiger partial charge on any atom is -0.478 e. The van der Waals surface area contributed by atoms with Crippen molar-refractivity contribution in [1.82, 2.24) is 10.1 Å². The molecule has 22 heavy (non-hydrogen) atoms. The van der Waals surface area contributed by atoms with E-state index in [1.807, 2.05) is 0 Å². The molecule has 5 nitrogen and oxygen atoms in total. The van der Waals surface area contributed by atoms with Gasteiger partial charge in [0.2, 0.25) is 5.82 Å². The average Bonchev–Trinajstić information content (AvgIpc) is 2.99. The van der Waals surface area contributed by atoms with Crippen molar-refractivity contribution in [3.8, 4) is 22.8 Å². The molecule has 0 bridgehead atoms. The zero-order valence-electron chi connectivity index (χ0n) is 11.2. The topological polar surface area (TPSA) is 76.2 Å². The third-order valence-corrected chi connectivity index (χ3v) is 3.54. The highest BCUT2D eigenvalue weighted by Crippen LogP contribution is 2.23. The van der Waals surface area contributed by atoms with E-state index in [2.05, 4.69) is 19.4 Å². The molecule has 1 N–H and O–H groups in total. The van der Waals surface area contributed by atoms with Gasteiger partial charge in [-0.05, 0) is 29.6 Å². The molecule has 0 aliphatic heterocycles. The normalized spacial score (nSPS) is 10.6. The number of carboxylic acids is 1. The molecule has 3 aromatic rings. The Morgan fingerprint density at radius 3 is 2.82 bits per heavy atom. The lowest BCUT2D eigenvalue weighted by Gasteiger charge is -1.99. The van der Waals surface area contributed by atoms with Crippen LogP contribution in [0.4, 0.5) is 4.39 Å². The molecule has 1 aromatic heterocycles. The van der Waals surface area contributed by atoms with E-state index >= 15 is 0 Å². The quantitative estimate of drug-likeness (QED) is 0.752. The Labute approximate surface area is 127 Å². The van der Waals surface area contributed by atoms with Crippen LogP contribution in [0.1, 0.15) is 10.4 Å². The van der Waals surface area contributed by atoms with Crippen LogP contribution in [0.3, 0.4) is 0 Å². The predicted octanol–water partition coefficient (Wildman–Crippen LogP) is 2.74. The van der Waals surface area contributed by atoms with Crippen molar-refractivity contribution < 1.29 is 18.8 Å². The molecule has 1 heterocycles. The van der Waals surface area contributed by atoms with E-state index in [4.69, 9.17) is 9.63 Å². The molecule has 1 atom stereocenters. The van der Waals surface area contributed by atoms with Gasteiger partial charge in [-0.2, -0.15) is 4.98 Å². The Bertz CT molecular complexity index is 863. The van der Waals surface area contributed by atoms with E-state index in [1.54, 1.807) is 18.2 Å². The molecule has 0 saturated carbocycles. The van der Waals surface area contributed by atoms with Crippen LogP contribution in [0.25, 0.3) is 22.8 Å². The Morgan fingerprint density at radius 2 is 2.05 bits per heavy atom. The Balaban J connectivity index is 2.02. The van der Waals surface area contributed by atoms with Crippen molar-refractivity contribution in [2.45, 2.75) is 0 Å². The summed E-state index contributed by atoms with van der Waals surface area (Å²) >= 11 is 0. The van der Waals surface area contributed by atoms with Crippen LogP contribution in [0.5, 0.6) is 0 Å². The number of benzene rings is 2. The van der Waals surface area contributed by atoms with Crippen molar-refractivity contribution >= 4 is 20.5 Å². The first-order chi connectivity index (χ1) is 10.5. The van der Waals surface area contributed by atoms with Crippen LogP contribution >= 0.6 is 9.24 Å². The molecule has 0 aliphatic rings. The van der Waals surface area contributed by atoms with E-state index < -0.39 is 11.8 Å². The second-order valence-electron chi connectivity index (χ2n) is 4.54. The number of hydrogen-bond acceptors (Lipinski definition) is 4. The Kier molecular flexibility index (Phi) is 3.69. The van der Waals surface area contributed by atoms with E-state index in [1.165, 1.54) is 24.3 Å². The minimum atomic E-state index is -1.04. The van der Waals surface area contributed by atoms with E-state index in [-0.39, 0.29) is 17.3 Å². The van der Waals surface area contributed by atoms with Crippen molar-refractivity contribution in [2.75, 3.05) is 0 Å². The number of carboxylic acid groups (broad SMARTS) is 1. The summed E-state index contributed by atoms with van der Waals surface area (Å²) in [7, 11) is 2.47. The van der Waals surface area contributed by atoms with Crippen LogP contribution in [-0.2, 0) is 0 Å². The summed E-state index contributed by atoms with van der Waals surface area (Å²) < 4.78 is 18.5. The van der Waals surface area contributed by atoms with Gasteiger partial charge in [0, 0.05) is 11.1 Å². The lowest BCUT2D eigenvalue weighted by atomic mass is 10.1. The Morgan fingerprint density at radius 1 is 1.23 bits per heavy atom. The molecular formula is C15H10FN2O3P. The molecule has 7 heteroatoms. The molecule has 0 amide bonds. The van der Waals surface area contributed by atoms with E-state index in [0.717, 1.165) is 5.30 Å². The summed E-state index contributed by atoms with van der Waals surface area (Å²) in [6.45, 7) is 0. The van der Waals surface area contributed by atoms with Gasteiger partial charge in [-0.25, -0.2) is 9.18 Å². The first kappa shape index (κ1) is 14.4. The van der Waals surface area contributed by atoms with Gasteiger partial charge >= 0.3 is 5.97 Å². The Hall–Kier alpha value is -2.59. The molecule has 1 unspecified atom stereocenters. The van der Waals surface area contributed by atoms with Crippen LogP contribution < -0.4 is 5.30 Å². The minimum absolute atomic E-state index is 0.126. The maximum absolute atomic E-state index is 13.3. The largest absolute Gasteiger partial charge is 0.478 e. The first-order valence-electron chi connectivity index (χ1n) is 6.27. The molecule has 3 rings (SSSR count). The second-order valence-corrected chi connectivity index (χ2v) is 5.16. The van der Waals surface area contributed by atoms with Gasteiger partial charge in [-0.15, -0.1) is 9.24 Å². The molecule has 0 aliphatic carbocycles. The average molecular weight is 316 g/mol. The van der Waals surface area contributed by atoms with Crippen LogP contribution in [0.2, 0.25) is 0 Å². The predicted molar refractivity (Wildman–Crippen MR) is 81.4 cm³/mol.